The van der Waals surface area contributed by atoms with Gasteiger partial charge in [-0.1, -0.05) is 0 Å². The van der Waals surface area contributed by atoms with Gasteiger partial charge in [0.15, 0.2) is 0 Å². The molecule has 0 aromatic carbocycles. The van der Waals surface area contributed by atoms with Crippen molar-refractivity contribution >= 4 is 12.2 Å². The van der Waals surface area contributed by atoms with Crippen LogP contribution in [-0.4, -0.2) is 62.4 Å². The lowest BCUT2D eigenvalue weighted by atomic mass is 10.4. The van der Waals surface area contributed by atoms with Crippen LogP contribution in [0, 0.1) is 0 Å². The quantitative estimate of drug-likeness (QED) is 0.765. The SMILES string of the molecule is CC(C)OC(=O)N(C)C.COC(=O)N(C)C(C)C. The normalized spacial score (nSPS) is 9.44. The molecule has 0 bridgehead atoms. The van der Waals surface area contributed by atoms with Gasteiger partial charge in [0, 0.05) is 27.2 Å². The van der Waals surface area contributed by atoms with E-state index in [0.29, 0.717) is 0 Å². The number of hydrogen-bond donors (Lipinski definition) is 0. The van der Waals surface area contributed by atoms with Gasteiger partial charge in [-0.2, -0.15) is 0 Å². The van der Waals surface area contributed by atoms with Crippen LogP contribution in [0.15, 0.2) is 0 Å². The molecule has 0 rings (SSSR count). The Labute approximate surface area is 110 Å². The van der Waals surface area contributed by atoms with Gasteiger partial charge in [0.05, 0.1) is 13.2 Å². The zero-order valence-corrected chi connectivity index (χ0v) is 12.7. The van der Waals surface area contributed by atoms with E-state index in [-0.39, 0.29) is 24.3 Å². The van der Waals surface area contributed by atoms with Crippen LogP contribution >= 0.6 is 0 Å². The zero-order valence-electron chi connectivity index (χ0n) is 12.7. The van der Waals surface area contributed by atoms with E-state index in [4.69, 9.17) is 4.74 Å². The molecule has 6 heteroatoms. The molecule has 18 heavy (non-hydrogen) atoms. The second-order valence-corrected chi connectivity index (χ2v) is 4.50. The summed E-state index contributed by atoms with van der Waals surface area (Å²) >= 11 is 0. The molecular formula is C12H26N2O4. The van der Waals surface area contributed by atoms with Gasteiger partial charge in [-0.25, -0.2) is 9.59 Å². The average molecular weight is 262 g/mol. The second kappa shape index (κ2) is 9.56. The Morgan fingerprint density at radius 2 is 1.39 bits per heavy atom. The first-order valence-electron chi connectivity index (χ1n) is 5.82. The summed E-state index contributed by atoms with van der Waals surface area (Å²) in [7, 11) is 6.40. The highest BCUT2D eigenvalue weighted by molar-refractivity contribution is 5.67. The van der Waals surface area contributed by atoms with Crippen molar-refractivity contribution in [3.05, 3.63) is 0 Å². The third kappa shape index (κ3) is 9.74. The molecule has 108 valence electrons. The molecule has 0 saturated heterocycles. The summed E-state index contributed by atoms with van der Waals surface area (Å²) in [5.41, 5.74) is 0. The van der Waals surface area contributed by atoms with Gasteiger partial charge in [0.25, 0.3) is 0 Å². The smallest absolute Gasteiger partial charge is 0.409 e. The topological polar surface area (TPSA) is 59.1 Å². The van der Waals surface area contributed by atoms with Crippen LogP contribution in [-0.2, 0) is 9.47 Å². The van der Waals surface area contributed by atoms with Crippen molar-refractivity contribution in [1.82, 2.24) is 9.80 Å². The van der Waals surface area contributed by atoms with Crippen molar-refractivity contribution in [1.29, 1.82) is 0 Å². The molecule has 0 fully saturated rings. The van der Waals surface area contributed by atoms with Gasteiger partial charge in [-0.3, -0.25) is 0 Å². The molecule has 0 aromatic heterocycles. The van der Waals surface area contributed by atoms with Gasteiger partial charge in [0.2, 0.25) is 0 Å². The summed E-state index contributed by atoms with van der Waals surface area (Å²) in [6.45, 7) is 7.50. The van der Waals surface area contributed by atoms with E-state index < -0.39 is 0 Å². The first-order chi connectivity index (χ1) is 8.13. The largest absolute Gasteiger partial charge is 0.453 e. The van der Waals surface area contributed by atoms with Crippen LogP contribution in [0.2, 0.25) is 0 Å². The van der Waals surface area contributed by atoms with E-state index in [1.54, 1.807) is 21.1 Å². The van der Waals surface area contributed by atoms with E-state index >= 15 is 0 Å². The maximum Gasteiger partial charge on any atom is 0.409 e. The number of amides is 2. The monoisotopic (exact) mass is 262 g/mol. The van der Waals surface area contributed by atoms with Gasteiger partial charge in [0.1, 0.15) is 0 Å². The molecule has 0 radical (unpaired) electrons. The predicted octanol–water partition coefficient (Wildman–Crippen LogP) is 2.19. The molecule has 0 saturated carbocycles. The molecule has 0 aliphatic rings. The van der Waals surface area contributed by atoms with Crippen LogP contribution in [0.25, 0.3) is 0 Å². The van der Waals surface area contributed by atoms with Crippen LogP contribution in [0.1, 0.15) is 27.7 Å². The highest BCUT2D eigenvalue weighted by Gasteiger charge is 2.09. The van der Waals surface area contributed by atoms with Crippen molar-refractivity contribution in [3.8, 4) is 0 Å². The zero-order chi connectivity index (χ0) is 14.9. The molecule has 0 aromatic rings. The Bertz CT molecular complexity index is 250. The molecule has 0 heterocycles. The van der Waals surface area contributed by atoms with Crippen molar-refractivity contribution in [2.24, 2.45) is 0 Å². The number of rotatable bonds is 2. The fraction of sp³-hybridized carbons (Fsp3) is 0.833. The summed E-state index contributed by atoms with van der Waals surface area (Å²) in [4.78, 5) is 24.2. The molecule has 0 aliphatic carbocycles. The average Bonchev–Trinajstić information content (AvgIpc) is 2.26. The highest BCUT2D eigenvalue weighted by Crippen LogP contribution is 1.94. The minimum absolute atomic E-state index is 0.0279. The summed E-state index contributed by atoms with van der Waals surface area (Å²) in [6, 6.07) is 0.206. The maximum absolute atomic E-state index is 10.7. The number of carbonyl (C=O) groups excluding carboxylic acids is 2. The van der Waals surface area contributed by atoms with E-state index in [1.165, 1.54) is 16.9 Å². The molecule has 0 spiro atoms. The van der Waals surface area contributed by atoms with E-state index in [1.807, 2.05) is 27.7 Å². The molecule has 2 amide bonds. The molecule has 0 N–H and O–H groups in total. The van der Waals surface area contributed by atoms with Gasteiger partial charge < -0.3 is 19.3 Å². The summed E-state index contributed by atoms with van der Waals surface area (Å²) in [5.74, 6) is 0. The minimum atomic E-state index is -0.287. The van der Waals surface area contributed by atoms with Crippen LogP contribution in [0.3, 0.4) is 0 Å². The number of carbonyl (C=O) groups is 2. The van der Waals surface area contributed by atoms with Gasteiger partial charge in [-0.15, -0.1) is 0 Å². The summed E-state index contributed by atoms with van der Waals surface area (Å²) in [6.07, 6.45) is -0.602. The Morgan fingerprint density at radius 1 is 0.944 bits per heavy atom. The van der Waals surface area contributed by atoms with Crippen molar-refractivity contribution in [2.45, 2.75) is 39.8 Å². The highest BCUT2D eigenvalue weighted by atomic mass is 16.6. The summed E-state index contributed by atoms with van der Waals surface area (Å²) < 4.78 is 9.26. The molecule has 0 atom stereocenters. The Kier molecular flexibility index (Phi) is 10.0. The standard InChI is InChI=1S/2C6H13NO2/c1-5(2)7(3)6(8)9-4;1-5(2)9-6(8)7(3)4/h2*5H,1-4H3. The van der Waals surface area contributed by atoms with Crippen LogP contribution < -0.4 is 0 Å². The van der Waals surface area contributed by atoms with Gasteiger partial charge in [-0.05, 0) is 27.7 Å². The van der Waals surface area contributed by atoms with Crippen molar-refractivity contribution in [2.75, 3.05) is 28.3 Å². The lowest BCUT2D eigenvalue weighted by molar-refractivity contribution is 0.0903. The van der Waals surface area contributed by atoms with Crippen molar-refractivity contribution < 1.29 is 19.1 Å². The molecule has 0 aliphatic heterocycles. The van der Waals surface area contributed by atoms with E-state index in [0.717, 1.165) is 0 Å². The van der Waals surface area contributed by atoms with E-state index in [9.17, 15) is 9.59 Å². The van der Waals surface area contributed by atoms with Crippen molar-refractivity contribution in [3.63, 3.8) is 0 Å². The Balaban J connectivity index is 0. The first-order valence-corrected chi connectivity index (χ1v) is 5.82. The Hall–Kier alpha value is -1.46. The maximum atomic E-state index is 10.7. The third-order valence-corrected chi connectivity index (χ3v) is 1.94. The predicted molar refractivity (Wildman–Crippen MR) is 70.6 cm³/mol. The van der Waals surface area contributed by atoms with Crippen LogP contribution in [0.5, 0.6) is 0 Å². The molecule has 0 unspecified atom stereocenters. The fourth-order valence-electron chi connectivity index (χ4n) is 0.662. The Morgan fingerprint density at radius 3 is 1.50 bits per heavy atom. The fourth-order valence-corrected chi connectivity index (χ4v) is 0.662. The minimum Gasteiger partial charge on any atom is -0.453 e. The number of ether oxygens (including phenoxy) is 2. The third-order valence-electron chi connectivity index (χ3n) is 1.94. The first kappa shape index (κ1) is 18.9. The summed E-state index contributed by atoms with van der Waals surface area (Å²) in [5, 5.41) is 0. The number of hydrogen-bond acceptors (Lipinski definition) is 4. The number of methoxy groups -OCH3 is 1. The van der Waals surface area contributed by atoms with Gasteiger partial charge >= 0.3 is 12.2 Å². The number of nitrogens with zero attached hydrogens (tertiary/aromatic N) is 2. The molecule has 6 nitrogen and oxygen atoms in total. The van der Waals surface area contributed by atoms with Crippen LogP contribution in [0.4, 0.5) is 9.59 Å². The lowest BCUT2D eigenvalue weighted by Crippen LogP contribution is -2.32. The lowest BCUT2D eigenvalue weighted by Gasteiger charge is -2.18. The van der Waals surface area contributed by atoms with E-state index in [2.05, 4.69) is 4.74 Å². The molecular weight excluding hydrogens is 236 g/mol. The second-order valence-electron chi connectivity index (χ2n) is 4.50.